The zero-order chi connectivity index (χ0) is 16.6. The van der Waals surface area contributed by atoms with E-state index in [4.69, 9.17) is 4.74 Å². The third-order valence-corrected chi connectivity index (χ3v) is 5.73. The van der Waals surface area contributed by atoms with Gasteiger partial charge in [-0.3, -0.25) is 4.90 Å². The van der Waals surface area contributed by atoms with Crippen LogP contribution in [0.1, 0.15) is 31.4 Å². The summed E-state index contributed by atoms with van der Waals surface area (Å²) in [5, 5.41) is 0. The fraction of sp³-hybridized carbons (Fsp3) is 0.600. The molecule has 1 atom stereocenters. The highest BCUT2D eigenvalue weighted by atomic mass is 32.2. The Morgan fingerprint density at radius 3 is 2.52 bits per heavy atom. The molecule has 2 fully saturated rings. The molecular formula is C15H21N3O4S. The zero-order valence-corrected chi connectivity index (χ0v) is 14.1. The maximum atomic E-state index is 11.8. The number of cyclic esters (lactones) is 1. The molecule has 3 rings (SSSR count). The largest absolute Gasteiger partial charge is 0.447 e. The fourth-order valence-electron chi connectivity index (χ4n) is 3.12. The van der Waals surface area contributed by atoms with Crippen LogP contribution >= 0.6 is 0 Å². The van der Waals surface area contributed by atoms with Crippen molar-refractivity contribution in [2.24, 2.45) is 0 Å². The molecule has 1 aromatic rings. The molecule has 0 aliphatic carbocycles. The summed E-state index contributed by atoms with van der Waals surface area (Å²) >= 11 is 0. The molecule has 1 amide bonds. The molecule has 126 valence electrons. The van der Waals surface area contributed by atoms with E-state index < -0.39 is 10.0 Å². The van der Waals surface area contributed by atoms with Crippen LogP contribution in [0.2, 0.25) is 0 Å². The van der Waals surface area contributed by atoms with Gasteiger partial charge in [0.1, 0.15) is 12.4 Å². The van der Waals surface area contributed by atoms with Crippen molar-refractivity contribution >= 4 is 21.9 Å². The van der Waals surface area contributed by atoms with Crippen LogP contribution in [-0.2, 0) is 14.8 Å². The zero-order valence-electron chi connectivity index (χ0n) is 13.3. The smallest absolute Gasteiger partial charge is 0.415 e. The fourth-order valence-corrected chi connectivity index (χ4v) is 3.99. The first kappa shape index (κ1) is 16.2. The molecule has 1 aromatic heterocycles. The van der Waals surface area contributed by atoms with Crippen LogP contribution in [0.4, 0.5) is 10.6 Å². The van der Waals surface area contributed by atoms with Gasteiger partial charge < -0.3 is 4.74 Å². The van der Waals surface area contributed by atoms with Gasteiger partial charge in [0, 0.05) is 24.7 Å². The standard InChI is InChI=1S/C15H21N3O4S/c1-11-10-22-15(19)18(11)14-5-3-4-13(16-14)12-6-8-17(9-7-12)23(2,20)21/h3-5,11-12H,6-10H2,1-2H3. The second-order valence-electron chi connectivity index (χ2n) is 6.15. The molecule has 2 saturated heterocycles. The van der Waals surface area contributed by atoms with Crippen LogP contribution in [0.15, 0.2) is 18.2 Å². The third-order valence-electron chi connectivity index (χ3n) is 4.43. The lowest BCUT2D eigenvalue weighted by Crippen LogP contribution is -2.37. The van der Waals surface area contributed by atoms with Gasteiger partial charge in [-0.2, -0.15) is 0 Å². The van der Waals surface area contributed by atoms with Gasteiger partial charge in [-0.25, -0.2) is 22.5 Å². The van der Waals surface area contributed by atoms with Gasteiger partial charge >= 0.3 is 6.09 Å². The minimum absolute atomic E-state index is 0.0302. The average Bonchev–Trinajstić information content (AvgIpc) is 2.86. The first-order valence-electron chi connectivity index (χ1n) is 7.74. The lowest BCUT2D eigenvalue weighted by Gasteiger charge is -2.30. The molecule has 0 bridgehead atoms. The summed E-state index contributed by atoms with van der Waals surface area (Å²) in [6.07, 6.45) is 2.36. The van der Waals surface area contributed by atoms with E-state index in [0.29, 0.717) is 25.5 Å². The number of amides is 1. The number of rotatable bonds is 3. The summed E-state index contributed by atoms with van der Waals surface area (Å²) in [6, 6.07) is 5.60. The predicted molar refractivity (Wildman–Crippen MR) is 85.9 cm³/mol. The molecule has 0 spiro atoms. The second-order valence-corrected chi connectivity index (χ2v) is 8.14. The molecule has 1 unspecified atom stereocenters. The molecule has 0 aromatic carbocycles. The highest BCUT2D eigenvalue weighted by Crippen LogP contribution is 2.30. The van der Waals surface area contributed by atoms with E-state index in [1.165, 1.54) is 10.6 Å². The van der Waals surface area contributed by atoms with E-state index in [0.717, 1.165) is 18.5 Å². The van der Waals surface area contributed by atoms with Crippen molar-refractivity contribution in [1.82, 2.24) is 9.29 Å². The topological polar surface area (TPSA) is 79.8 Å². The van der Waals surface area contributed by atoms with Crippen molar-refractivity contribution in [3.8, 4) is 0 Å². The number of ether oxygens (including phenoxy) is 1. The quantitative estimate of drug-likeness (QED) is 0.835. The molecule has 3 heterocycles. The second kappa shape index (κ2) is 6.09. The Morgan fingerprint density at radius 1 is 1.26 bits per heavy atom. The number of carbonyl (C=O) groups excluding carboxylic acids is 1. The predicted octanol–water partition coefficient (Wildman–Crippen LogP) is 1.57. The number of sulfonamides is 1. The van der Waals surface area contributed by atoms with Gasteiger partial charge in [-0.15, -0.1) is 0 Å². The van der Waals surface area contributed by atoms with Gasteiger partial charge in [0.2, 0.25) is 10.0 Å². The Morgan fingerprint density at radius 2 is 1.96 bits per heavy atom. The van der Waals surface area contributed by atoms with E-state index >= 15 is 0 Å². The maximum absolute atomic E-state index is 11.8. The first-order valence-corrected chi connectivity index (χ1v) is 9.59. The third kappa shape index (κ3) is 3.32. The van der Waals surface area contributed by atoms with Gasteiger partial charge in [0.25, 0.3) is 0 Å². The highest BCUT2D eigenvalue weighted by Gasteiger charge is 2.33. The number of aromatic nitrogens is 1. The summed E-state index contributed by atoms with van der Waals surface area (Å²) in [4.78, 5) is 18.0. The highest BCUT2D eigenvalue weighted by molar-refractivity contribution is 7.88. The molecular weight excluding hydrogens is 318 g/mol. The van der Waals surface area contributed by atoms with E-state index in [2.05, 4.69) is 4.98 Å². The minimum Gasteiger partial charge on any atom is -0.447 e. The SMILES string of the molecule is CC1COC(=O)N1c1cccc(C2CCN(S(C)(=O)=O)CC2)n1. The Hall–Kier alpha value is -1.67. The Labute approximate surface area is 136 Å². The van der Waals surface area contributed by atoms with Gasteiger partial charge in [0.15, 0.2) is 0 Å². The summed E-state index contributed by atoms with van der Waals surface area (Å²) in [5.41, 5.74) is 0.905. The number of piperidine rings is 1. The van der Waals surface area contributed by atoms with Gasteiger partial charge in [0.05, 0.1) is 12.3 Å². The van der Waals surface area contributed by atoms with E-state index in [1.807, 2.05) is 19.1 Å². The number of carbonyl (C=O) groups is 1. The summed E-state index contributed by atoms with van der Waals surface area (Å²) in [6.45, 7) is 3.32. The summed E-state index contributed by atoms with van der Waals surface area (Å²) in [5.74, 6) is 0.810. The van der Waals surface area contributed by atoms with Crippen LogP contribution < -0.4 is 4.90 Å². The Kier molecular flexibility index (Phi) is 4.29. The van der Waals surface area contributed by atoms with Crippen molar-refractivity contribution in [2.75, 3.05) is 30.9 Å². The number of hydrogen-bond donors (Lipinski definition) is 0. The maximum Gasteiger partial charge on any atom is 0.415 e. The first-order chi connectivity index (χ1) is 10.9. The molecule has 0 N–H and O–H groups in total. The monoisotopic (exact) mass is 339 g/mol. The lowest BCUT2D eigenvalue weighted by atomic mass is 9.94. The van der Waals surface area contributed by atoms with Crippen LogP contribution in [-0.4, -0.2) is 55.8 Å². The Balaban J connectivity index is 1.75. The summed E-state index contributed by atoms with van der Waals surface area (Å²) in [7, 11) is -3.12. The van der Waals surface area contributed by atoms with E-state index in [9.17, 15) is 13.2 Å². The van der Waals surface area contributed by atoms with Crippen molar-refractivity contribution in [2.45, 2.75) is 31.7 Å². The normalized spacial score (nSPS) is 24.0. The molecule has 2 aliphatic rings. The molecule has 8 heteroatoms. The number of hydrogen-bond acceptors (Lipinski definition) is 5. The number of nitrogens with zero attached hydrogens (tertiary/aromatic N) is 3. The molecule has 7 nitrogen and oxygen atoms in total. The Bertz CT molecular complexity index is 698. The van der Waals surface area contributed by atoms with Crippen LogP contribution in [0.25, 0.3) is 0 Å². The van der Waals surface area contributed by atoms with Crippen LogP contribution in [0.5, 0.6) is 0 Å². The summed E-state index contributed by atoms with van der Waals surface area (Å²) < 4.78 is 29.7. The molecule has 0 radical (unpaired) electrons. The van der Waals surface area contributed by atoms with E-state index in [-0.39, 0.29) is 18.1 Å². The van der Waals surface area contributed by atoms with Crippen LogP contribution in [0, 0.1) is 0 Å². The lowest BCUT2D eigenvalue weighted by molar-refractivity contribution is 0.179. The number of anilines is 1. The van der Waals surface area contributed by atoms with Crippen molar-refractivity contribution < 1.29 is 17.9 Å². The molecule has 0 saturated carbocycles. The van der Waals surface area contributed by atoms with Crippen molar-refractivity contribution in [1.29, 1.82) is 0 Å². The van der Waals surface area contributed by atoms with Crippen molar-refractivity contribution in [3.63, 3.8) is 0 Å². The molecule has 23 heavy (non-hydrogen) atoms. The minimum atomic E-state index is -3.12. The molecule has 2 aliphatic heterocycles. The van der Waals surface area contributed by atoms with Crippen LogP contribution in [0.3, 0.4) is 0 Å². The van der Waals surface area contributed by atoms with Crippen molar-refractivity contribution in [3.05, 3.63) is 23.9 Å². The van der Waals surface area contributed by atoms with Gasteiger partial charge in [-0.1, -0.05) is 6.07 Å². The van der Waals surface area contributed by atoms with E-state index in [1.54, 1.807) is 11.0 Å². The number of pyridine rings is 1. The van der Waals surface area contributed by atoms with Gasteiger partial charge in [-0.05, 0) is 31.9 Å². The average molecular weight is 339 g/mol.